The summed E-state index contributed by atoms with van der Waals surface area (Å²) in [4.78, 5) is 18.0. The van der Waals surface area contributed by atoms with Crippen molar-refractivity contribution in [1.82, 2.24) is 0 Å². The van der Waals surface area contributed by atoms with Crippen LogP contribution < -0.4 is 39.3 Å². The Balaban J connectivity index is 0. The molecule has 0 aromatic heterocycles. The summed E-state index contributed by atoms with van der Waals surface area (Å²) in [6, 6.07) is 0. The second kappa shape index (κ2) is 4.00. The van der Waals surface area contributed by atoms with E-state index in [2.05, 4.69) is 4.67 Å². The Morgan fingerprint density at radius 1 is 1.57 bits per heavy atom. The van der Waals surface area contributed by atoms with Crippen LogP contribution in [0, 0.1) is 0 Å². The summed E-state index contributed by atoms with van der Waals surface area (Å²) in [5.41, 5.74) is 0. The average Bonchev–Trinajstić information content (AvgIpc) is 1.35. The number of hydrogen-bond acceptors (Lipinski definition) is 5. The van der Waals surface area contributed by atoms with Gasteiger partial charge in [0, 0.05) is 0 Å². The van der Waals surface area contributed by atoms with E-state index in [1.54, 1.807) is 0 Å². The van der Waals surface area contributed by atoms with Crippen molar-refractivity contribution >= 4 is 7.82 Å². The molecule has 0 radical (unpaired) electrons. The standard InChI is InChI=1S/Na.H3O5P/c;1-5-6(2,3)4/h;1H,(H2,2,3,4)/q+1;/p-2. The third-order valence-corrected chi connectivity index (χ3v) is 0.300. The molecule has 0 aromatic carbocycles. The first kappa shape index (κ1) is 10.9. The Bertz CT molecular complexity index is 72.1. The molecule has 0 rings (SSSR count). The van der Waals surface area contributed by atoms with E-state index < -0.39 is 7.82 Å². The van der Waals surface area contributed by atoms with E-state index in [0.29, 0.717) is 0 Å². The molecule has 0 spiro atoms. The average molecular weight is 135 g/mol. The van der Waals surface area contributed by atoms with Crippen LogP contribution in [0.3, 0.4) is 0 Å². The van der Waals surface area contributed by atoms with Crippen LogP contribution in [-0.2, 0) is 9.24 Å². The van der Waals surface area contributed by atoms with Crippen molar-refractivity contribution in [2.45, 2.75) is 0 Å². The first-order chi connectivity index (χ1) is 2.56. The van der Waals surface area contributed by atoms with Crippen molar-refractivity contribution in [3.05, 3.63) is 0 Å². The monoisotopic (exact) mass is 135 g/mol. The van der Waals surface area contributed by atoms with E-state index in [1.807, 2.05) is 0 Å². The van der Waals surface area contributed by atoms with Gasteiger partial charge in [-0.2, -0.15) is 0 Å². The van der Waals surface area contributed by atoms with Crippen LogP contribution in [-0.4, -0.2) is 5.26 Å². The molecular weight excluding hydrogens is 134 g/mol. The first-order valence-electron chi connectivity index (χ1n) is 0.913. The molecule has 0 aliphatic heterocycles. The first-order valence-corrected chi connectivity index (χ1v) is 2.37. The van der Waals surface area contributed by atoms with Gasteiger partial charge in [0.25, 0.3) is 0 Å². The van der Waals surface area contributed by atoms with Crippen LogP contribution in [0.5, 0.6) is 0 Å². The second-order valence-corrected chi connectivity index (χ2v) is 1.59. The third-order valence-electron chi connectivity index (χ3n) is 0.100. The van der Waals surface area contributed by atoms with Gasteiger partial charge in [0.15, 0.2) is 0 Å². The van der Waals surface area contributed by atoms with Crippen LogP contribution in [0.4, 0.5) is 0 Å². The zero-order valence-electron chi connectivity index (χ0n) is 3.53. The molecule has 38 valence electrons. The Morgan fingerprint density at radius 2 is 1.71 bits per heavy atom. The topological polar surface area (TPSA) is 92.7 Å². The Morgan fingerprint density at radius 3 is 1.71 bits per heavy atom. The minimum Gasteiger partial charge on any atom is -0.788 e. The molecule has 0 atom stereocenters. The van der Waals surface area contributed by atoms with Crippen molar-refractivity contribution in [2.75, 3.05) is 0 Å². The molecule has 7 heavy (non-hydrogen) atoms. The summed E-state index contributed by atoms with van der Waals surface area (Å²) in [7, 11) is -5.09. The van der Waals surface area contributed by atoms with E-state index in [0.717, 1.165) is 0 Å². The molecule has 0 fully saturated rings. The Labute approximate surface area is 61.8 Å². The van der Waals surface area contributed by atoms with Gasteiger partial charge in [-0.25, -0.2) is 9.93 Å². The molecule has 0 bridgehead atoms. The Hall–Kier alpha value is 1.07. The van der Waals surface area contributed by atoms with E-state index in [9.17, 15) is 0 Å². The zero-order valence-corrected chi connectivity index (χ0v) is 6.42. The fourth-order valence-electron chi connectivity index (χ4n) is 0. The molecule has 0 aliphatic carbocycles. The molecule has 0 aliphatic rings. The molecule has 1 N–H and O–H groups in total. The van der Waals surface area contributed by atoms with Crippen LogP contribution >= 0.6 is 7.82 Å². The summed E-state index contributed by atoms with van der Waals surface area (Å²) in [5.74, 6) is 0. The van der Waals surface area contributed by atoms with Gasteiger partial charge in [-0.05, 0) is 0 Å². The molecule has 0 saturated heterocycles. The van der Waals surface area contributed by atoms with E-state index in [4.69, 9.17) is 19.6 Å². The number of phosphoric acid groups is 1. The molecule has 0 saturated carbocycles. The van der Waals surface area contributed by atoms with Gasteiger partial charge >= 0.3 is 29.6 Å². The van der Waals surface area contributed by atoms with Crippen molar-refractivity contribution < 1.29 is 53.8 Å². The zero-order chi connectivity index (χ0) is 5.21. The van der Waals surface area contributed by atoms with Gasteiger partial charge < -0.3 is 14.4 Å². The maximum absolute atomic E-state index is 9.00. The molecule has 0 unspecified atom stereocenters. The fraction of sp³-hybridized carbons (Fsp3) is 0. The molecule has 5 nitrogen and oxygen atoms in total. The third kappa shape index (κ3) is 11.0. The largest absolute Gasteiger partial charge is 1.00 e. The number of hydrogen-bond donors (Lipinski definition) is 1. The van der Waals surface area contributed by atoms with E-state index in [1.165, 1.54) is 0 Å². The minimum atomic E-state index is -5.09. The normalized spacial score (nSPS) is 10.1. The molecular formula is HNaO5P-. The predicted octanol–water partition coefficient (Wildman–Crippen LogP) is -4.69. The van der Waals surface area contributed by atoms with Gasteiger partial charge in [-0.15, -0.1) is 0 Å². The number of rotatable bonds is 1. The summed E-state index contributed by atoms with van der Waals surface area (Å²) in [5, 5.41) is 7.01. The quantitative estimate of drug-likeness (QED) is 0.169. The smallest absolute Gasteiger partial charge is 0.788 e. The minimum absolute atomic E-state index is 0. The van der Waals surface area contributed by atoms with E-state index >= 15 is 0 Å². The summed E-state index contributed by atoms with van der Waals surface area (Å²) in [6.45, 7) is 0. The van der Waals surface area contributed by atoms with Crippen molar-refractivity contribution in [2.24, 2.45) is 0 Å². The molecule has 0 heterocycles. The van der Waals surface area contributed by atoms with E-state index in [-0.39, 0.29) is 29.6 Å². The predicted molar refractivity (Wildman–Crippen MR) is 11.3 cm³/mol. The SMILES string of the molecule is O=P([O-])([O-])OO.[Na+]. The van der Waals surface area contributed by atoms with Gasteiger partial charge in [0.1, 0.15) is 0 Å². The van der Waals surface area contributed by atoms with Crippen LogP contribution in [0.25, 0.3) is 0 Å². The maximum atomic E-state index is 9.00. The van der Waals surface area contributed by atoms with Crippen molar-refractivity contribution in [1.29, 1.82) is 0 Å². The van der Waals surface area contributed by atoms with Gasteiger partial charge in [0.2, 0.25) is 0 Å². The van der Waals surface area contributed by atoms with Crippen LogP contribution in [0.15, 0.2) is 0 Å². The fourth-order valence-corrected chi connectivity index (χ4v) is 0. The van der Waals surface area contributed by atoms with Gasteiger partial charge in [-0.1, -0.05) is 0 Å². The molecule has 7 heteroatoms. The van der Waals surface area contributed by atoms with Crippen molar-refractivity contribution in [3.8, 4) is 0 Å². The molecule has 0 aromatic rings. The van der Waals surface area contributed by atoms with Crippen LogP contribution in [0.2, 0.25) is 0 Å². The summed E-state index contributed by atoms with van der Waals surface area (Å²) >= 11 is 0. The summed E-state index contributed by atoms with van der Waals surface area (Å²) < 4.78 is 11.4. The molecule has 0 amide bonds. The maximum Gasteiger partial charge on any atom is 1.00 e. The van der Waals surface area contributed by atoms with Gasteiger partial charge in [-0.3, -0.25) is 0 Å². The van der Waals surface area contributed by atoms with Gasteiger partial charge in [0.05, 0.1) is 7.82 Å². The van der Waals surface area contributed by atoms with Crippen molar-refractivity contribution in [3.63, 3.8) is 0 Å². The summed E-state index contributed by atoms with van der Waals surface area (Å²) in [6.07, 6.45) is 0. The van der Waals surface area contributed by atoms with Crippen LogP contribution in [0.1, 0.15) is 0 Å². The second-order valence-electron chi connectivity index (χ2n) is 0.529. The Kier molecular flexibility index (Phi) is 6.26.